The van der Waals surface area contributed by atoms with Crippen molar-refractivity contribution < 1.29 is 18.5 Å². The summed E-state index contributed by atoms with van der Waals surface area (Å²) in [4.78, 5) is 32.4. The van der Waals surface area contributed by atoms with Gasteiger partial charge in [-0.1, -0.05) is 48.0 Å². The van der Waals surface area contributed by atoms with E-state index in [4.69, 9.17) is 13.9 Å². The number of amidine groups is 1. The molecule has 1 saturated heterocycles. The lowest BCUT2D eigenvalue weighted by Gasteiger charge is -2.37. The largest absolute Gasteiger partial charge is 0.453 e. The molecule has 3 aromatic rings. The summed E-state index contributed by atoms with van der Waals surface area (Å²) in [5.74, 6) is 1.84. The summed E-state index contributed by atoms with van der Waals surface area (Å²) in [6.07, 6.45) is 4.37. The monoisotopic (exact) mass is 464 g/mol. The number of nitrogens with one attached hydrogen (secondary N) is 1. The summed E-state index contributed by atoms with van der Waals surface area (Å²) in [6.45, 7) is 0.252. The number of carbonyl (C=O) groups is 2. The number of hydrogen-bond donors (Lipinski definition) is 1. The van der Waals surface area contributed by atoms with Gasteiger partial charge in [0, 0.05) is 23.6 Å². The van der Waals surface area contributed by atoms with Crippen LogP contribution in [0.2, 0.25) is 0 Å². The molecule has 1 aromatic carbocycles. The lowest BCUT2D eigenvalue weighted by atomic mass is 9.83. The topological polar surface area (TPSA) is 101 Å². The average Bonchev–Trinajstić information content (AvgIpc) is 3.56. The van der Waals surface area contributed by atoms with Crippen LogP contribution in [0.25, 0.3) is 22.5 Å². The second-order valence-electron chi connectivity index (χ2n) is 8.85. The minimum Gasteiger partial charge on any atom is -0.453 e. The number of benzene rings is 1. The van der Waals surface area contributed by atoms with Crippen LogP contribution in [-0.4, -0.2) is 44.9 Å². The molecule has 2 aromatic heterocycles. The molecule has 1 saturated carbocycles. The average molecular weight is 465 g/mol. The first-order valence-electron chi connectivity index (χ1n) is 11.4. The van der Waals surface area contributed by atoms with E-state index >= 15 is 0 Å². The number of amides is 2. The Bertz CT molecular complexity index is 1220. The third-order valence-corrected chi connectivity index (χ3v) is 7.76. The van der Waals surface area contributed by atoms with E-state index < -0.39 is 0 Å². The standard InChI is InChI=1S/C24H24N4O4S/c29-22(11-16-13-33-24-26-18-7-3-2-6-17(18)23(30)28(16)24)25-12-15-10-21(32-27-15)20-9-14-5-1-4-8-19(14)31-20/h1,4-5,8-10,16-18H,2-3,6-7,11-13H2,(H,25,29). The zero-order valence-corrected chi connectivity index (χ0v) is 18.8. The Labute approximate surface area is 194 Å². The molecule has 170 valence electrons. The summed E-state index contributed by atoms with van der Waals surface area (Å²) in [7, 11) is 0. The van der Waals surface area contributed by atoms with Crippen LogP contribution < -0.4 is 5.32 Å². The van der Waals surface area contributed by atoms with E-state index in [0.717, 1.165) is 41.8 Å². The zero-order valence-electron chi connectivity index (χ0n) is 18.0. The molecular formula is C24H24N4O4S. The van der Waals surface area contributed by atoms with Gasteiger partial charge in [0.2, 0.25) is 17.6 Å². The smallest absolute Gasteiger partial charge is 0.234 e. The molecule has 3 atom stereocenters. The van der Waals surface area contributed by atoms with Gasteiger partial charge in [-0.05, 0) is 25.0 Å². The van der Waals surface area contributed by atoms with E-state index in [1.807, 2.05) is 30.3 Å². The highest BCUT2D eigenvalue weighted by Crippen LogP contribution is 2.38. The Kier molecular flexibility index (Phi) is 5.21. The predicted molar refractivity (Wildman–Crippen MR) is 124 cm³/mol. The van der Waals surface area contributed by atoms with Gasteiger partial charge in [0.25, 0.3) is 0 Å². The Hall–Kier alpha value is -3.07. The number of nitrogens with zero attached hydrogens (tertiary/aromatic N) is 3. The van der Waals surface area contributed by atoms with Gasteiger partial charge in [-0.3, -0.25) is 19.5 Å². The van der Waals surface area contributed by atoms with Gasteiger partial charge in [0.1, 0.15) is 11.3 Å². The lowest BCUT2D eigenvalue weighted by molar-refractivity contribution is -0.135. The van der Waals surface area contributed by atoms with Crippen molar-refractivity contribution in [3.63, 3.8) is 0 Å². The molecule has 2 amide bonds. The summed E-state index contributed by atoms with van der Waals surface area (Å²) >= 11 is 1.59. The third-order valence-electron chi connectivity index (χ3n) is 6.65. The maximum atomic E-state index is 13.1. The first-order valence-corrected chi connectivity index (χ1v) is 12.4. The molecule has 8 nitrogen and oxygen atoms in total. The summed E-state index contributed by atoms with van der Waals surface area (Å²) in [6, 6.07) is 11.4. The molecule has 1 aliphatic carbocycles. The fraction of sp³-hybridized carbons (Fsp3) is 0.417. The fourth-order valence-corrected chi connectivity index (χ4v) is 6.16. The fourth-order valence-electron chi connectivity index (χ4n) is 4.96. The van der Waals surface area contributed by atoms with E-state index in [-0.39, 0.29) is 42.8 Å². The SMILES string of the molecule is O=C(CC1CSC2=NC3CCCCC3C(=O)N21)NCc1cc(-c2cc3ccccc3o2)on1. The van der Waals surface area contributed by atoms with Crippen molar-refractivity contribution >= 4 is 39.7 Å². The molecule has 3 aliphatic rings. The van der Waals surface area contributed by atoms with E-state index in [9.17, 15) is 9.59 Å². The van der Waals surface area contributed by atoms with Gasteiger partial charge in [0.05, 0.1) is 24.5 Å². The molecule has 0 radical (unpaired) electrons. The first kappa shape index (κ1) is 20.5. The second kappa shape index (κ2) is 8.37. The molecule has 9 heteroatoms. The number of aliphatic imine (C=N–C) groups is 1. The molecule has 0 bridgehead atoms. The Balaban J connectivity index is 1.08. The van der Waals surface area contributed by atoms with Crippen LogP contribution in [0, 0.1) is 5.92 Å². The molecule has 2 fully saturated rings. The van der Waals surface area contributed by atoms with Crippen molar-refractivity contribution in [2.45, 2.75) is 50.7 Å². The van der Waals surface area contributed by atoms with E-state index in [1.54, 1.807) is 22.7 Å². The lowest BCUT2D eigenvalue weighted by Crippen LogP contribution is -2.51. The van der Waals surface area contributed by atoms with Crippen LogP contribution in [-0.2, 0) is 16.1 Å². The van der Waals surface area contributed by atoms with Crippen molar-refractivity contribution in [2.75, 3.05) is 5.75 Å². The minimum atomic E-state index is -0.146. The third kappa shape index (κ3) is 3.84. The van der Waals surface area contributed by atoms with Crippen molar-refractivity contribution in [3.8, 4) is 11.5 Å². The molecule has 2 aliphatic heterocycles. The van der Waals surface area contributed by atoms with Gasteiger partial charge in [-0.2, -0.15) is 0 Å². The van der Waals surface area contributed by atoms with Gasteiger partial charge >= 0.3 is 0 Å². The number of hydrogen-bond acceptors (Lipinski definition) is 7. The number of rotatable bonds is 5. The minimum absolute atomic E-state index is 0.0152. The molecule has 4 heterocycles. The first-order chi connectivity index (χ1) is 16.2. The van der Waals surface area contributed by atoms with Gasteiger partial charge in [-0.25, -0.2) is 0 Å². The Morgan fingerprint density at radius 2 is 2.06 bits per heavy atom. The van der Waals surface area contributed by atoms with Crippen LogP contribution in [0.1, 0.15) is 37.8 Å². The van der Waals surface area contributed by atoms with E-state index in [1.165, 1.54) is 0 Å². The van der Waals surface area contributed by atoms with Crippen molar-refractivity contribution in [2.24, 2.45) is 10.9 Å². The molecular weight excluding hydrogens is 440 g/mol. The highest BCUT2D eigenvalue weighted by molar-refractivity contribution is 8.14. The van der Waals surface area contributed by atoms with Crippen molar-refractivity contribution in [1.82, 2.24) is 15.4 Å². The number of fused-ring (bicyclic) bond motifs is 3. The summed E-state index contributed by atoms with van der Waals surface area (Å²) < 4.78 is 11.2. The normalized spacial score (nSPS) is 24.5. The van der Waals surface area contributed by atoms with Crippen molar-refractivity contribution in [1.29, 1.82) is 0 Å². The quantitative estimate of drug-likeness (QED) is 0.613. The molecule has 33 heavy (non-hydrogen) atoms. The predicted octanol–water partition coefficient (Wildman–Crippen LogP) is 3.97. The zero-order chi connectivity index (χ0) is 22.4. The van der Waals surface area contributed by atoms with Crippen LogP contribution >= 0.6 is 11.8 Å². The summed E-state index contributed by atoms with van der Waals surface area (Å²) in [5.41, 5.74) is 1.39. The highest BCUT2D eigenvalue weighted by Gasteiger charge is 2.45. The number of aromatic nitrogens is 1. The van der Waals surface area contributed by atoms with E-state index in [0.29, 0.717) is 23.0 Å². The molecule has 0 spiro atoms. The highest BCUT2D eigenvalue weighted by atomic mass is 32.2. The number of carbonyl (C=O) groups excluding carboxylic acids is 2. The molecule has 3 unspecified atom stereocenters. The molecule has 1 N–H and O–H groups in total. The number of para-hydroxylation sites is 1. The summed E-state index contributed by atoms with van der Waals surface area (Å²) in [5, 5.41) is 8.74. The van der Waals surface area contributed by atoms with Gasteiger partial charge < -0.3 is 14.3 Å². The molecule has 6 rings (SSSR count). The van der Waals surface area contributed by atoms with Crippen LogP contribution in [0.5, 0.6) is 0 Å². The van der Waals surface area contributed by atoms with Gasteiger partial charge in [-0.15, -0.1) is 0 Å². The maximum Gasteiger partial charge on any atom is 0.234 e. The van der Waals surface area contributed by atoms with Crippen LogP contribution in [0.15, 0.2) is 50.3 Å². The van der Waals surface area contributed by atoms with E-state index in [2.05, 4.69) is 10.5 Å². The van der Waals surface area contributed by atoms with Crippen LogP contribution in [0.3, 0.4) is 0 Å². The number of furan rings is 1. The number of thioether (sulfide) groups is 1. The maximum absolute atomic E-state index is 13.1. The van der Waals surface area contributed by atoms with Gasteiger partial charge in [0.15, 0.2) is 10.9 Å². The second-order valence-corrected chi connectivity index (χ2v) is 9.84. The van der Waals surface area contributed by atoms with Crippen LogP contribution in [0.4, 0.5) is 0 Å². The Morgan fingerprint density at radius 3 is 2.97 bits per heavy atom. The Morgan fingerprint density at radius 1 is 1.18 bits per heavy atom. The van der Waals surface area contributed by atoms with Crippen molar-refractivity contribution in [3.05, 3.63) is 42.1 Å².